The summed E-state index contributed by atoms with van der Waals surface area (Å²) in [5.41, 5.74) is 0. The molecule has 0 aliphatic carbocycles. The Bertz CT molecular complexity index is 449. The van der Waals surface area contributed by atoms with Crippen LogP contribution in [0.15, 0.2) is 0 Å². The molecule has 0 aliphatic rings. The molecule has 0 heterocycles. The molecule has 0 saturated carbocycles. The van der Waals surface area contributed by atoms with Crippen molar-refractivity contribution in [2.24, 2.45) is 5.92 Å². The molecule has 0 rings (SSSR count). The van der Waals surface area contributed by atoms with Crippen LogP contribution in [-0.4, -0.2) is 23.7 Å². The molecule has 0 saturated heterocycles. The fourth-order valence-corrected chi connectivity index (χ4v) is 4.63. The number of carboxylic acids is 1. The molecule has 0 spiro atoms. The highest BCUT2D eigenvalue weighted by atomic mass is 16.5. The van der Waals surface area contributed by atoms with Crippen molar-refractivity contribution in [3.63, 3.8) is 0 Å². The van der Waals surface area contributed by atoms with E-state index in [-0.39, 0.29) is 12.4 Å². The largest absolute Gasteiger partial charge is 0.481 e. The highest BCUT2D eigenvalue weighted by Crippen LogP contribution is 2.18. The Morgan fingerprint density at radius 3 is 1.29 bits per heavy atom. The van der Waals surface area contributed by atoms with Crippen LogP contribution in [0.25, 0.3) is 0 Å². The van der Waals surface area contributed by atoms with Crippen molar-refractivity contribution in [3.8, 4) is 0 Å². The molecule has 1 N–H and O–H groups in total. The van der Waals surface area contributed by atoms with E-state index in [4.69, 9.17) is 9.84 Å². The molecular formula is C30H58O4. The van der Waals surface area contributed by atoms with Crippen LogP contribution in [0.1, 0.15) is 168 Å². The van der Waals surface area contributed by atoms with E-state index in [2.05, 4.69) is 13.8 Å². The van der Waals surface area contributed by atoms with Crippen LogP contribution in [0.4, 0.5) is 0 Å². The fraction of sp³-hybridized carbons (Fsp3) is 0.933. The molecule has 4 nitrogen and oxygen atoms in total. The Hall–Kier alpha value is -1.06. The van der Waals surface area contributed by atoms with Gasteiger partial charge in [-0.15, -0.1) is 0 Å². The predicted molar refractivity (Wildman–Crippen MR) is 144 cm³/mol. The third kappa shape index (κ3) is 24.1. The van der Waals surface area contributed by atoms with Gasteiger partial charge in [0.25, 0.3) is 0 Å². The van der Waals surface area contributed by atoms with Crippen LogP contribution in [0, 0.1) is 5.92 Å². The molecule has 0 radical (unpaired) electrons. The predicted octanol–water partition coefficient (Wildman–Crippen LogP) is 9.63. The number of carbonyl (C=O) groups excluding carboxylic acids is 1. The minimum Gasteiger partial charge on any atom is -0.481 e. The minimum absolute atomic E-state index is 0.103. The summed E-state index contributed by atoms with van der Waals surface area (Å²) < 4.78 is 5.39. The Balaban J connectivity index is 3.62. The van der Waals surface area contributed by atoms with E-state index in [1.165, 1.54) is 116 Å². The van der Waals surface area contributed by atoms with Gasteiger partial charge in [-0.3, -0.25) is 9.59 Å². The van der Waals surface area contributed by atoms with Crippen LogP contribution >= 0.6 is 0 Å². The average Bonchev–Trinajstić information content (AvgIpc) is 2.82. The number of aliphatic carboxylic acids is 1. The van der Waals surface area contributed by atoms with Crippen LogP contribution in [-0.2, 0) is 14.3 Å². The Morgan fingerprint density at radius 2 is 0.912 bits per heavy atom. The highest BCUT2D eigenvalue weighted by molar-refractivity contribution is 5.79. The maximum Gasteiger partial charge on any atom is 0.309 e. The molecule has 0 aromatic heterocycles. The minimum atomic E-state index is -0.905. The summed E-state index contributed by atoms with van der Waals surface area (Å²) in [5, 5.41) is 9.15. The van der Waals surface area contributed by atoms with Crippen LogP contribution in [0.3, 0.4) is 0 Å². The third-order valence-corrected chi connectivity index (χ3v) is 6.90. The summed E-state index contributed by atoms with van der Waals surface area (Å²) in [6.45, 7) is 4.90. The molecule has 1 atom stereocenters. The van der Waals surface area contributed by atoms with E-state index in [1.54, 1.807) is 0 Å². The number of ether oxygens (including phenoxy) is 1. The van der Waals surface area contributed by atoms with Crippen LogP contribution in [0.5, 0.6) is 0 Å². The first-order chi connectivity index (χ1) is 16.6. The second-order valence-electron chi connectivity index (χ2n) is 10.3. The topological polar surface area (TPSA) is 63.6 Å². The molecule has 0 aliphatic heterocycles. The molecule has 202 valence electrons. The lowest BCUT2D eigenvalue weighted by molar-refractivity contribution is -0.153. The van der Waals surface area contributed by atoms with Gasteiger partial charge < -0.3 is 9.84 Å². The molecule has 4 heteroatoms. The number of unbranched alkanes of at least 4 members (excludes halogenated alkanes) is 20. The van der Waals surface area contributed by atoms with Crippen molar-refractivity contribution in [1.29, 1.82) is 0 Å². The van der Waals surface area contributed by atoms with Crippen molar-refractivity contribution in [1.82, 2.24) is 0 Å². The fourth-order valence-electron chi connectivity index (χ4n) is 4.63. The van der Waals surface area contributed by atoms with Crippen LogP contribution < -0.4 is 0 Å². The lowest BCUT2D eigenvalue weighted by Gasteiger charge is -2.14. The van der Waals surface area contributed by atoms with Crippen molar-refractivity contribution >= 4 is 11.9 Å². The molecule has 0 amide bonds. The van der Waals surface area contributed by atoms with E-state index in [9.17, 15) is 9.59 Å². The van der Waals surface area contributed by atoms with Crippen molar-refractivity contribution in [2.45, 2.75) is 168 Å². The van der Waals surface area contributed by atoms with Gasteiger partial charge in [0.1, 0.15) is 0 Å². The molecule has 0 bridgehead atoms. The first kappa shape index (κ1) is 32.9. The summed E-state index contributed by atoms with van der Waals surface area (Å²) >= 11 is 0. The first-order valence-corrected chi connectivity index (χ1v) is 15.0. The van der Waals surface area contributed by atoms with Gasteiger partial charge in [-0.1, -0.05) is 149 Å². The second kappa shape index (κ2) is 26.5. The number of hydrogen-bond acceptors (Lipinski definition) is 3. The van der Waals surface area contributed by atoms with Crippen LogP contribution in [0.2, 0.25) is 0 Å². The Morgan fingerprint density at radius 1 is 0.559 bits per heavy atom. The monoisotopic (exact) mass is 482 g/mol. The maximum absolute atomic E-state index is 12.3. The van der Waals surface area contributed by atoms with E-state index < -0.39 is 11.9 Å². The van der Waals surface area contributed by atoms with E-state index >= 15 is 0 Å². The van der Waals surface area contributed by atoms with E-state index in [0.717, 1.165) is 25.7 Å². The van der Waals surface area contributed by atoms with Gasteiger partial charge in [0.05, 0.1) is 18.9 Å². The zero-order valence-electron chi connectivity index (χ0n) is 22.9. The molecule has 1 unspecified atom stereocenters. The van der Waals surface area contributed by atoms with Gasteiger partial charge in [0.2, 0.25) is 0 Å². The molecule has 0 aromatic carbocycles. The number of esters is 1. The van der Waals surface area contributed by atoms with Gasteiger partial charge in [-0.2, -0.15) is 0 Å². The standard InChI is InChI=1S/C30H58O4/c1-3-5-7-9-11-12-13-14-15-16-17-18-19-20-21-23-25-28(27-29(31)32)30(33)34-26-24-22-10-8-6-4-2/h28H,3-27H2,1-2H3,(H,31,32). The van der Waals surface area contributed by atoms with Crippen molar-refractivity contribution < 1.29 is 19.4 Å². The number of rotatable bonds is 27. The number of carbonyl (C=O) groups is 2. The lowest BCUT2D eigenvalue weighted by atomic mass is 9.97. The maximum atomic E-state index is 12.3. The summed E-state index contributed by atoms with van der Waals surface area (Å²) in [6, 6.07) is 0. The Kier molecular flexibility index (Phi) is 25.7. The zero-order valence-corrected chi connectivity index (χ0v) is 22.9. The first-order valence-electron chi connectivity index (χ1n) is 15.0. The smallest absolute Gasteiger partial charge is 0.309 e. The number of carboxylic acid groups (broad SMARTS) is 1. The quantitative estimate of drug-likeness (QED) is 0.0934. The summed E-state index contributed by atoms with van der Waals surface area (Å²) in [6.07, 6.45) is 28.4. The number of hydrogen-bond donors (Lipinski definition) is 1. The summed E-state index contributed by atoms with van der Waals surface area (Å²) in [7, 11) is 0. The molecule has 0 aromatic rings. The van der Waals surface area contributed by atoms with Gasteiger partial charge >= 0.3 is 11.9 Å². The second-order valence-corrected chi connectivity index (χ2v) is 10.3. The average molecular weight is 483 g/mol. The lowest BCUT2D eigenvalue weighted by Crippen LogP contribution is -2.21. The van der Waals surface area contributed by atoms with Gasteiger partial charge in [-0.05, 0) is 12.8 Å². The molecule has 34 heavy (non-hydrogen) atoms. The van der Waals surface area contributed by atoms with Crippen molar-refractivity contribution in [3.05, 3.63) is 0 Å². The van der Waals surface area contributed by atoms with Crippen molar-refractivity contribution in [2.75, 3.05) is 6.61 Å². The third-order valence-electron chi connectivity index (χ3n) is 6.90. The van der Waals surface area contributed by atoms with Gasteiger partial charge in [-0.25, -0.2) is 0 Å². The Labute approximate surface area is 212 Å². The summed E-state index contributed by atoms with van der Waals surface area (Å²) in [5.74, 6) is -1.70. The molecule has 0 fully saturated rings. The zero-order chi connectivity index (χ0) is 25.1. The SMILES string of the molecule is CCCCCCCCCCCCCCCCCCC(CC(=O)O)C(=O)OCCCCCCCC. The summed E-state index contributed by atoms with van der Waals surface area (Å²) in [4.78, 5) is 23.5. The molecular weight excluding hydrogens is 424 g/mol. The van der Waals surface area contributed by atoms with Gasteiger partial charge in [0, 0.05) is 0 Å². The normalized spacial score (nSPS) is 12.1. The van der Waals surface area contributed by atoms with E-state index in [0.29, 0.717) is 13.0 Å². The van der Waals surface area contributed by atoms with Gasteiger partial charge in [0.15, 0.2) is 0 Å². The van der Waals surface area contributed by atoms with E-state index in [1.807, 2.05) is 0 Å². The highest BCUT2D eigenvalue weighted by Gasteiger charge is 2.22.